The summed E-state index contributed by atoms with van der Waals surface area (Å²) in [6.07, 6.45) is 0. The Morgan fingerprint density at radius 2 is 1.22 bits per heavy atom. The summed E-state index contributed by atoms with van der Waals surface area (Å²) in [5.74, 6) is 0.159. The van der Waals surface area contributed by atoms with Gasteiger partial charge in [0, 0.05) is 16.6 Å². The van der Waals surface area contributed by atoms with Crippen LogP contribution in [0.25, 0.3) is 0 Å². The van der Waals surface area contributed by atoms with E-state index in [1.165, 1.54) is 24.3 Å². The second-order valence-corrected chi connectivity index (χ2v) is 8.59. The van der Waals surface area contributed by atoms with Crippen LogP contribution in [0.15, 0.2) is 70.5 Å². The predicted octanol–water partition coefficient (Wildman–Crippen LogP) is 3.24. The van der Waals surface area contributed by atoms with Gasteiger partial charge < -0.3 is 0 Å². The van der Waals surface area contributed by atoms with Crippen molar-refractivity contribution in [2.24, 2.45) is 0 Å². The Balaban J connectivity index is 0.000000238. The van der Waals surface area contributed by atoms with Gasteiger partial charge in [0.1, 0.15) is 0 Å². The summed E-state index contributed by atoms with van der Waals surface area (Å²) in [5, 5.41) is 0. The quantitative estimate of drug-likeness (QED) is 0.440. The van der Waals surface area contributed by atoms with Crippen molar-refractivity contribution >= 4 is 41.5 Å². The number of halogens is 2. The van der Waals surface area contributed by atoms with E-state index in [2.05, 4.69) is 4.18 Å². The number of rotatable bonds is 5. The lowest BCUT2D eigenvalue weighted by Gasteiger charge is -2.02. The second kappa shape index (κ2) is 9.24. The Hall–Kier alpha value is -1.12. The summed E-state index contributed by atoms with van der Waals surface area (Å²) in [6.45, 7) is -0.00121. The van der Waals surface area contributed by atoms with Crippen LogP contribution >= 0.6 is 22.3 Å². The molecule has 2 rings (SSSR count). The molecule has 0 heterocycles. The largest absolute Gasteiger partial charge is 0.297 e. The number of alkyl halides is 1. The van der Waals surface area contributed by atoms with Gasteiger partial charge in [0.15, 0.2) is 0 Å². The molecular formula is C14H14Cl2O5S2. The van der Waals surface area contributed by atoms with Gasteiger partial charge >= 0.3 is 0 Å². The highest BCUT2D eigenvalue weighted by Crippen LogP contribution is 2.12. The second-order valence-electron chi connectivity index (χ2n) is 4.03. The maximum atomic E-state index is 11.3. The smallest absolute Gasteiger partial charge is 0.265 e. The molecule has 0 aliphatic heterocycles. The van der Waals surface area contributed by atoms with Gasteiger partial charge in [-0.25, -0.2) is 8.42 Å². The summed E-state index contributed by atoms with van der Waals surface area (Å²) < 4.78 is 48.4. The average molecular weight is 397 g/mol. The number of benzene rings is 2. The Bertz CT molecular complexity index is 792. The highest BCUT2D eigenvalue weighted by molar-refractivity contribution is 8.13. The first kappa shape index (κ1) is 19.9. The lowest BCUT2D eigenvalue weighted by atomic mass is 10.4. The summed E-state index contributed by atoms with van der Waals surface area (Å²) in [6, 6.07) is 15.8. The first-order valence-corrected chi connectivity index (χ1v) is 10.5. The summed E-state index contributed by atoms with van der Waals surface area (Å²) in [4.78, 5) is 0.289. The molecule has 0 saturated carbocycles. The van der Waals surface area contributed by atoms with Crippen LogP contribution in [0.1, 0.15) is 0 Å². The fraction of sp³-hybridized carbons (Fsp3) is 0.143. The molecule has 0 unspecified atom stereocenters. The summed E-state index contributed by atoms with van der Waals surface area (Å²) >= 11 is 5.31. The predicted molar refractivity (Wildman–Crippen MR) is 89.8 cm³/mol. The first-order valence-electron chi connectivity index (χ1n) is 6.27. The van der Waals surface area contributed by atoms with E-state index in [1.54, 1.807) is 36.4 Å². The van der Waals surface area contributed by atoms with E-state index in [1.807, 2.05) is 0 Å². The molecule has 23 heavy (non-hydrogen) atoms. The van der Waals surface area contributed by atoms with Crippen molar-refractivity contribution in [3.8, 4) is 0 Å². The van der Waals surface area contributed by atoms with Crippen molar-refractivity contribution in [3.63, 3.8) is 0 Å². The maximum absolute atomic E-state index is 11.3. The van der Waals surface area contributed by atoms with Crippen LogP contribution in [-0.2, 0) is 23.4 Å². The molecule has 2 aromatic carbocycles. The topological polar surface area (TPSA) is 77.5 Å². The van der Waals surface area contributed by atoms with Gasteiger partial charge in [-0.15, -0.1) is 11.6 Å². The van der Waals surface area contributed by atoms with Crippen LogP contribution < -0.4 is 0 Å². The lowest BCUT2D eigenvalue weighted by molar-refractivity contribution is 0.340. The van der Waals surface area contributed by atoms with Crippen molar-refractivity contribution in [2.75, 3.05) is 12.5 Å². The average Bonchev–Trinajstić information content (AvgIpc) is 2.54. The number of hydrogen-bond donors (Lipinski definition) is 0. The third-order valence-electron chi connectivity index (χ3n) is 2.37. The zero-order valence-electron chi connectivity index (χ0n) is 11.8. The molecule has 5 nitrogen and oxygen atoms in total. The molecule has 0 aliphatic carbocycles. The highest BCUT2D eigenvalue weighted by atomic mass is 35.7. The zero-order valence-corrected chi connectivity index (χ0v) is 14.9. The van der Waals surface area contributed by atoms with E-state index in [4.69, 9.17) is 22.3 Å². The SMILES string of the molecule is O=S(=O)(Cl)c1ccccc1.O=S(=O)(OCCCl)c1ccccc1. The normalized spacial score (nSPS) is 11.4. The van der Waals surface area contributed by atoms with E-state index in [0.717, 1.165) is 0 Å². The van der Waals surface area contributed by atoms with E-state index >= 15 is 0 Å². The standard InChI is InChI=1S/C8H9ClO3S.C6H5ClO2S/c9-6-7-12-13(10,11)8-4-2-1-3-5-8;7-10(8,9)6-4-2-1-3-5-6/h1-5H,6-7H2;1-5H. The molecular weight excluding hydrogens is 383 g/mol. The molecule has 0 atom stereocenters. The van der Waals surface area contributed by atoms with Crippen molar-refractivity contribution < 1.29 is 21.0 Å². The molecule has 0 spiro atoms. The van der Waals surface area contributed by atoms with Crippen molar-refractivity contribution in [1.82, 2.24) is 0 Å². The molecule has 0 N–H and O–H groups in total. The van der Waals surface area contributed by atoms with Gasteiger partial charge in [0.25, 0.3) is 19.2 Å². The highest BCUT2D eigenvalue weighted by Gasteiger charge is 2.13. The van der Waals surface area contributed by atoms with Crippen LogP contribution in [0.2, 0.25) is 0 Å². The monoisotopic (exact) mass is 396 g/mol. The minimum Gasteiger partial charge on any atom is -0.265 e. The Kier molecular flexibility index (Phi) is 8.01. The van der Waals surface area contributed by atoms with Gasteiger partial charge in [-0.05, 0) is 24.3 Å². The molecule has 2 aromatic rings. The van der Waals surface area contributed by atoms with Crippen LogP contribution in [0, 0.1) is 0 Å². The van der Waals surface area contributed by atoms with E-state index < -0.39 is 19.2 Å². The molecule has 0 aliphatic rings. The molecule has 0 fully saturated rings. The Morgan fingerprint density at radius 3 is 1.57 bits per heavy atom. The minimum atomic E-state index is -3.61. The molecule has 0 bridgehead atoms. The third kappa shape index (κ3) is 7.32. The minimum absolute atomic E-state index is 0.00121. The third-order valence-corrected chi connectivity index (χ3v) is 5.22. The Morgan fingerprint density at radius 1 is 0.783 bits per heavy atom. The van der Waals surface area contributed by atoms with Crippen molar-refractivity contribution in [3.05, 3.63) is 60.7 Å². The van der Waals surface area contributed by atoms with E-state index in [0.29, 0.717) is 0 Å². The zero-order chi connectivity index (χ0) is 17.3. The first-order chi connectivity index (χ1) is 10.8. The van der Waals surface area contributed by atoms with Crippen LogP contribution in [-0.4, -0.2) is 29.3 Å². The fourth-order valence-corrected chi connectivity index (χ4v) is 3.27. The fourth-order valence-electron chi connectivity index (χ4n) is 1.38. The van der Waals surface area contributed by atoms with Crippen molar-refractivity contribution in [1.29, 1.82) is 0 Å². The van der Waals surface area contributed by atoms with Gasteiger partial charge in [0.2, 0.25) is 0 Å². The number of hydrogen-bond acceptors (Lipinski definition) is 5. The molecule has 126 valence electrons. The van der Waals surface area contributed by atoms with Crippen LogP contribution in [0.5, 0.6) is 0 Å². The summed E-state index contributed by atoms with van der Waals surface area (Å²) in [5.41, 5.74) is 0. The van der Waals surface area contributed by atoms with Crippen LogP contribution in [0.3, 0.4) is 0 Å². The summed E-state index contributed by atoms with van der Waals surface area (Å²) in [7, 11) is -2.11. The molecule has 9 heteroatoms. The van der Waals surface area contributed by atoms with Gasteiger partial charge in [-0.2, -0.15) is 8.42 Å². The van der Waals surface area contributed by atoms with Gasteiger partial charge in [-0.3, -0.25) is 4.18 Å². The molecule has 0 radical (unpaired) electrons. The maximum Gasteiger partial charge on any atom is 0.297 e. The van der Waals surface area contributed by atoms with Crippen LogP contribution in [0.4, 0.5) is 0 Å². The molecule has 0 aromatic heterocycles. The van der Waals surface area contributed by atoms with E-state index in [9.17, 15) is 16.8 Å². The Labute approximate surface area is 145 Å². The lowest BCUT2D eigenvalue weighted by Crippen LogP contribution is -2.07. The van der Waals surface area contributed by atoms with Crippen molar-refractivity contribution in [2.45, 2.75) is 9.79 Å². The van der Waals surface area contributed by atoms with E-state index in [-0.39, 0.29) is 22.3 Å². The van der Waals surface area contributed by atoms with Gasteiger partial charge in [-0.1, -0.05) is 36.4 Å². The molecule has 0 saturated heterocycles. The van der Waals surface area contributed by atoms with Gasteiger partial charge in [0.05, 0.1) is 16.4 Å². The molecule has 0 amide bonds.